The maximum atomic E-state index is 12.7. The number of benzene rings is 3. The molecule has 174 valence electrons. The van der Waals surface area contributed by atoms with Gasteiger partial charge in [-0.25, -0.2) is 0 Å². The van der Waals surface area contributed by atoms with Gasteiger partial charge in [-0.05, 0) is 61.4 Å². The average molecular weight is 493 g/mol. The van der Waals surface area contributed by atoms with E-state index in [4.69, 9.17) is 16.3 Å². The van der Waals surface area contributed by atoms with Crippen molar-refractivity contribution in [3.05, 3.63) is 94.8 Å². The summed E-state index contributed by atoms with van der Waals surface area (Å²) in [6.07, 6.45) is 0.621. The first-order valence-corrected chi connectivity index (χ1v) is 12.3. The molecule has 1 amide bonds. The number of nitrogens with zero attached hydrogens (tertiary/aromatic N) is 3. The smallest absolute Gasteiger partial charge is 0.234 e. The van der Waals surface area contributed by atoms with Gasteiger partial charge in [0.25, 0.3) is 0 Å². The molecule has 0 spiro atoms. The zero-order valence-corrected chi connectivity index (χ0v) is 20.6. The van der Waals surface area contributed by atoms with Crippen LogP contribution in [0.5, 0.6) is 5.75 Å². The van der Waals surface area contributed by atoms with Crippen LogP contribution >= 0.6 is 23.4 Å². The molecule has 4 aromatic rings. The minimum absolute atomic E-state index is 0.138. The van der Waals surface area contributed by atoms with Crippen molar-refractivity contribution in [3.63, 3.8) is 0 Å². The SMILES string of the molecule is CCOc1ccc(-n2c(Cc3ccccc3)nnc2SCC(=O)Nc2cccc(Cl)c2C)cc1. The number of nitrogens with one attached hydrogen (secondary N) is 1. The molecule has 0 aliphatic rings. The van der Waals surface area contributed by atoms with E-state index in [1.54, 1.807) is 6.07 Å². The molecule has 1 aromatic heterocycles. The fourth-order valence-corrected chi connectivity index (χ4v) is 4.41. The Labute approximate surface area is 208 Å². The van der Waals surface area contributed by atoms with Crippen molar-refractivity contribution in [1.29, 1.82) is 0 Å². The Morgan fingerprint density at radius 3 is 2.53 bits per heavy atom. The van der Waals surface area contributed by atoms with E-state index in [0.29, 0.717) is 28.9 Å². The number of carbonyl (C=O) groups is 1. The summed E-state index contributed by atoms with van der Waals surface area (Å²) in [5, 5.41) is 13.0. The average Bonchev–Trinajstić information content (AvgIpc) is 3.24. The minimum atomic E-state index is -0.138. The van der Waals surface area contributed by atoms with Crippen molar-refractivity contribution in [2.45, 2.75) is 25.4 Å². The zero-order valence-electron chi connectivity index (χ0n) is 19.0. The van der Waals surface area contributed by atoms with Gasteiger partial charge in [0.1, 0.15) is 11.6 Å². The van der Waals surface area contributed by atoms with Gasteiger partial charge in [-0.15, -0.1) is 10.2 Å². The van der Waals surface area contributed by atoms with E-state index in [2.05, 4.69) is 27.6 Å². The molecule has 0 aliphatic carbocycles. The molecule has 1 N–H and O–H groups in total. The van der Waals surface area contributed by atoms with E-state index in [1.807, 2.05) is 73.0 Å². The van der Waals surface area contributed by atoms with Crippen LogP contribution < -0.4 is 10.1 Å². The Hall–Kier alpha value is -3.29. The molecule has 0 fully saturated rings. The van der Waals surface area contributed by atoms with Crippen LogP contribution in [-0.2, 0) is 11.2 Å². The van der Waals surface area contributed by atoms with E-state index < -0.39 is 0 Å². The number of halogens is 1. The highest BCUT2D eigenvalue weighted by molar-refractivity contribution is 7.99. The molecule has 0 radical (unpaired) electrons. The summed E-state index contributed by atoms with van der Waals surface area (Å²) in [4.78, 5) is 12.7. The summed E-state index contributed by atoms with van der Waals surface area (Å²) < 4.78 is 7.57. The molecule has 0 aliphatic heterocycles. The topological polar surface area (TPSA) is 69.0 Å². The minimum Gasteiger partial charge on any atom is -0.494 e. The molecule has 34 heavy (non-hydrogen) atoms. The van der Waals surface area contributed by atoms with E-state index in [1.165, 1.54) is 11.8 Å². The van der Waals surface area contributed by atoms with Crippen LogP contribution in [0.3, 0.4) is 0 Å². The molecule has 0 bridgehead atoms. The monoisotopic (exact) mass is 492 g/mol. The Morgan fingerprint density at radius 2 is 1.79 bits per heavy atom. The lowest BCUT2D eigenvalue weighted by atomic mass is 10.1. The number of hydrogen-bond acceptors (Lipinski definition) is 5. The standard InChI is InChI=1S/C26H25ClN4O2S/c1-3-33-21-14-12-20(13-15-21)31-24(16-19-8-5-4-6-9-19)29-30-26(31)34-17-25(32)28-23-11-7-10-22(27)18(23)2/h4-15H,3,16-17H2,1-2H3,(H,28,32). The quantitative estimate of drug-likeness (QED) is 0.292. The van der Waals surface area contributed by atoms with Crippen LogP contribution in [0.2, 0.25) is 5.02 Å². The van der Waals surface area contributed by atoms with Crippen molar-refractivity contribution in [1.82, 2.24) is 14.8 Å². The normalized spacial score (nSPS) is 10.8. The molecule has 1 heterocycles. The second kappa shape index (κ2) is 11.2. The number of ether oxygens (including phenoxy) is 1. The van der Waals surface area contributed by atoms with Crippen molar-refractivity contribution in [3.8, 4) is 11.4 Å². The third kappa shape index (κ3) is 5.79. The summed E-state index contributed by atoms with van der Waals surface area (Å²) in [5.41, 5.74) is 3.59. The second-order valence-corrected chi connectivity index (χ2v) is 8.92. The van der Waals surface area contributed by atoms with E-state index in [9.17, 15) is 4.79 Å². The van der Waals surface area contributed by atoms with Crippen LogP contribution in [0, 0.1) is 6.92 Å². The highest BCUT2D eigenvalue weighted by atomic mass is 35.5. The molecule has 0 saturated heterocycles. The Bertz CT molecular complexity index is 1260. The number of carbonyl (C=O) groups excluding carboxylic acids is 1. The largest absolute Gasteiger partial charge is 0.494 e. The van der Waals surface area contributed by atoms with Gasteiger partial charge in [0.05, 0.1) is 12.4 Å². The first-order valence-electron chi connectivity index (χ1n) is 10.9. The van der Waals surface area contributed by atoms with Crippen LogP contribution in [0.15, 0.2) is 78.0 Å². The Kier molecular flexibility index (Phi) is 7.87. The zero-order chi connectivity index (χ0) is 23.9. The molecule has 4 rings (SSSR count). The summed E-state index contributed by atoms with van der Waals surface area (Å²) in [7, 11) is 0. The second-order valence-electron chi connectivity index (χ2n) is 7.57. The number of aromatic nitrogens is 3. The molecule has 6 nitrogen and oxygen atoms in total. The summed E-state index contributed by atoms with van der Waals surface area (Å²) >= 11 is 7.51. The predicted molar refractivity (Wildman–Crippen MR) is 137 cm³/mol. The highest BCUT2D eigenvalue weighted by Crippen LogP contribution is 2.26. The molecule has 8 heteroatoms. The van der Waals surface area contributed by atoms with Crippen molar-refractivity contribution in [2.24, 2.45) is 0 Å². The van der Waals surface area contributed by atoms with Crippen molar-refractivity contribution >= 4 is 35.0 Å². The van der Waals surface area contributed by atoms with E-state index in [-0.39, 0.29) is 11.7 Å². The maximum absolute atomic E-state index is 12.7. The van der Waals surface area contributed by atoms with Gasteiger partial charge in [0.15, 0.2) is 5.16 Å². The third-order valence-electron chi connectivity index (χ3n) is 5.19. The number of rotatable bonds is 9. The summed E-state index contributed by atoms with van der Waals surface area (Å²) in [6, 6.07) is 23.4. The van der Waals surface area contributed by atoms with Gasteiger partial charge in [0, 0.05) is 22.8 Å². The fourth-order valence-electron chi connectivity index (χ4n) is 3.46. The first-order chi connectivity index (χ1) is 16.5. The highest BCUT2D eigenvalue weighted by Gasteiger charge is 2.17. The van der Waals surface area contributed by atoms with Gasteiger partial charge in [-0.3, -0.25) is 9.36 Å². The molecule has 0 saturated carbocycles. The van der Waals surface area contributed by atoms with Gasteiger partial charge in [-0.2, -0.15) is 0 Å². The molecule has 0 unspecified atom stereocenters. The molecular weight excluding hydrogens is 468 g/mol. The first kappa shape index (κ1) is 23.9. The van der Waals surface area contributed by atoms with Gasteiger partial charge < -0.3 is 10.1 Å². The van der Waals surface area contributed by atoms with Gasteiger partial charge in [0.2, 0.25) is 5.91 Å². The molecular formula is C26H25ClN4O2S. The Balaban J connectivity index is 1.56. The van der Waals surface area contributed by atoms with Crippen LogP contribution in [0.1, 0.15) is 23.9 Å². The van der Waals surface area contributed by atoms with Crippen LogP contribution in [0.4, 0.5) is 5.69 Å². The van der Waals surface area contributed by atoms with Crippen molar-refractivity contribution in [2.75, 3.05) is 17.7 Å². The van der Waals surface area contributed by atoms with Gasteiger partial charge in [-0.1, -0.05) is 59.8 Å². The van der Waals surface area contributed by atoms with Crippen LogP contribution in [0.25, 0.3) is 5.69 Å². The van der Waals surface area contributed by atoms with E-state index >= 15 is 0 Å². The number of anilines is 1. The lowest BCUT2D eigenvalue weighted by molar-refractivity contribution is -0.113. The van der Waals surface area contributed by atoms with Gasteiger partial charge >= 0.3 is 0 Å². The molecule has 3 aromatic carbocycles. The summed E-state index contributed by atoms with van der Waals surface area (Å²) in [5.74, 6) is 1.64. The fraction of sp³-hybridized carbons (Fsp3) is 0.192. The Morgan fingerprint density at radius 1 is 1.03 bits per heavy atom. The maximum Gasteiger partial charge on any atom is 0.234 e. The predicted octanol–water partition coefficient (Wildman–Crippen LogP) is 5.95. The van der Waals surface area contributed by atoms with E-state index in [0.717, 1.165) is 28.4 Å². The van der Waals surface area contributed by atoms with Crippen LogP contribution in [-0.4, -0.2) is 33.0 Å². The number of hydrogen-bond donors (Lipinski definition) is 1. The summed E-state index contributed by atoms with van der Waals surface area (Å²) in [6.45, 7) is 4.44. The van der Waals surface area contributed by atoms with Crippen molar-refractivity contribution < 1.29 is 9.53 Å². The lowest BCUT2D eigenvalue weighted by Gasteiger charge is -2.12. The number of amides is 1. The third-order valence-corrected chi connectivity index (χ3v) is 6.52. The lowest BCUT2D eigenvalue weighted by Crippen LogP contribution is -2.15. The molecule has 0 atom stereocenters. The number of thioether (sulfide) groups is 1.